The first-order valence-electron chi connectivity index (χ1n) is 9.88. The molecule has 0 radical (unpaired) electrons. The van der Waals surface area contributed by atoms with Crippen molar-refractivity contribution >= 4 is 41.4 Å². The van der Waals surface area contributed by atoms with Crippen molar-refractivity contribution in [3.63, 3.8) is 0 Å². The van der Waals surface area contributed by atoms with E-state index in [9.17, 15) is 4.79 Å². The molecule has 6 heteroatoms. The van der Waals surface area contributed by atoms with E-state index in [4.69, 9.17) is 4.43 Å². The van der Waals surface area contributed by atoms with Gasteiger partial charge in [0.25, 0.3) is 8.32 Å². The average Bonchev–Trinajstić information content (AvgIpc) is 3.16. The first-order chi connectivity index (χ1) is 13.9. The third-order valence-electron chi connectivity index (χ3n) is 5.51. The fourth-order valence-electron chi connectivity index (χ4n) is 4.09. The molecule has 0 spiro atoms. The molecule has 3 aromatic rings. The molecule has 0 aliphatic carbocycles. The van der Waals surface area contributed by atoms with E-state index in [-0.39, 0.29) is 11.1 Å². The summed E-state index contributed by atoms with van der Waals surface area (Å²) in [6.45, 7) is 8.50. The predicted molar refractivity (Wildman–Crippen MR) is 122 cm³/mol. The number of aromatic nitrogens is 1. The fourth-order valence-corrected chi connectivity index (χ4v) is 9.54. The lowest BCUT2D eigenvalue weighted by molar-refractivity contribution is 0.111. The van der Waals surface area contributed by atoms with Gasteiger partial charge in [0.2, 0.25) is 0 Å². The van der Waals surface area contributed by atoms with Gasteiger partial charge in [-0.15, -0.1) is 11.3 Å². The number of aldehydes is 1. The molecule has 1 aromatic heterocycles. The summed E-state index contributed by atoms with van der Waals surface area (Å²) in [6.07, 6.45) is 0.945. The number of hydrogen-bond donors (Lipinski definition) is 0. The third kappa shape index (κ3) is 3.68. The summed E-state index contributed by atoms with van der Waals surface area (Å²) in [4.78, 5) is 17.5. The summed E-state index contributed by atoms with van der Waals surface area (Å²) in [5, 5.41) is 5.28. The first kappa shape index (κ1) is 20.0. The summed E-state index contributed by atoms with van der Waals surface area (Å²) in [7, 11) is -2.51. The summed E-state index contributed by atoms with van der Waals surface area (Å²) < 4.78 is 7.10. The highest BCUT2D eigenvalue weighted by Gasteiger charge is 2.52. The highest BCUT2D eigenvalue weighted by atomic mass is 32.1. The van der Waals surface area contributed by atoms with Crippen LogP contribution in [0.25, 0.3) is 0 Å². The van der Waals surface area contributed by atoms with Gasteiger partial charge in [-0.05, 0) is 15.4 Å². The molecular formula is C23H26N2O2SSi. The number of carbonyl (C=O) groups excluding carboxylic acids is 1. The zero-order chi connectivity index (χ0) is 20.5. The van der Waals surface area contributed by atoms with Crippen LogP contribution < -0.4 is 15.3 Å². The standard InChI is InChI=1S/C23H26N2O2SSi/c1-23(2,3)29(20-10-6-4-7-11-20,21-12-8-5-9-13-21)27-19-14-25(15-19)22-24-18(16-26)17-28-22/h4-13,16-17,19H,14-15H2,1-3H3. The minimum absolute atomic E-state index is 0.0258. The second-order valence-electron chi connectivity index (χ2n) is 8.48. The normalized spacial score (nSPS) is 15.2. The molecule has 0 amide bonds. The lowest BCUT2D eigenvalue weighted by Crippen LogP contribution is -2.70. The van der Waals surface area contributed by atoms with Crippen LogP contribution in [0, 0.1) is 0 Å². The predicted octanol–water partition coefficient (Wildman–Crippen LogP) is 3.72. The topological polar surface area (TPSA) is 42.4 Å². The molecular weight excluding hydrogens is 396 g/mol. The second kappa shape index (κ2) is 7.86. The van der Waals surface area contributed by atoms with Gasteiger partial charge >= 0.3 is 0 Å². The number of benzene rings is 2. The van der Waals surface area contributed by atoms with Crippen molar-refractivity contribution in [2.45, 2.75) is 31.9 Å². The number of anilines is 1. The molecule has 1 fully saturated rings. The van der Waals surface area contributed by atoms with E-state index in [0.717, 1.165) is 24.5 Å². The minimum atomic E-state index is -2.51. The highest BCUT2D eigenvalue weighted by molar-refractivity contribution is 7.13. The molecule has 1 aliphatic heterocycles. The van der Waals surface area contributed by atoms with E-state index in [1.54, 1.807) is 5.38 Å². The Balaban J connectivity index is 1.66. The zero-order valence-electron chi connectivity index (χ0n) is 17.0. The van der Waals surface area contributed by atoms with Crippen LogP contribution in [0.15, 0.2) is 66.0 Å². The van der Waals surface area contributed by atoms with Gasteiger partial charge < -0.3 is 9.33 Å². The Morgan fingerprint density at radius 1 is 1.03 bits per heavy atom. The zero-order valence-corrected chi connectivity index (χ0v) is 18.9. The Morgan fingerprint density at radius 2 is 1.59 bits per heavy atom. The van der Waals surface area contributed by atoms with Crippen molar-refractivity contribution in [3.8, 4) is 0 Å². The molecule has 0 saturated carbocycles. The Labute approximate surface area is 177 Å². The van der Waals surface area contributed by atoms with Crippen LogP contribution >= 0.6 is 11.3 Å². The molecule has 150 valence electrons. The summed E-state index contributed by atoms with van der Waals surface area (Å²) in [6, 6.07) is 21.4. The molecule has 4 nitrogen and oxygen atoms in total. The SMILES string of the molecule is CC(C)(C)[Si](OC1CN(c2nc(C=O)cs2)C1)(c1ccccc1)c1ccccc1. The van der Waals surface area contributed by atoms with Gasteiger partial charge in [-0.1, -0.05) is 81.4 Å². The quantitative estimate of drug-likeness (QED) is 0.449. The van der Waals surface area contributed by atoms with Gasteiger partial charge in [0.15, 0.2) is 11.4 Å². The van der Waals surface area contributed by atoms with E-state index in [2.05, 4.69) is 91.3 Å². The largest absolute Gasteiger partial charge is 0.401 e. The van der Waals surface area contributed by atoms with Gasteiger partial charge in [0.1, 0.15) is 5.69 Å². The van der Waals surface area contributed by atoms with Crippen LogP contribution in [0.4, 0.5) is 5.13 Å². The highest BCUT2D eigenvalue weighted by Crippen LogP contribution is 2.39. The Morgan fingerprint density at radius 3 is 2.03 bits per heavy atom. The van der Waals surface area contributed by atoms with Gasteiger partial charge in [-0.2, -0.15) is 0 Å². The van der Waals surface area contributed by atoms with E-state index in [1.807, 2.05) is 0 Å². The summed E-state index contributed by atoms with van der Waals surface area (Å²) in [5.74, 6) is 0. The molecule has 0 N–H and O–H groups in total. The maximum absolute atomic E-state index is 10.9. The maximum atomic E-state index is 10.9. The van der Waals surface area contributed by atoms with Crippen LogP contribution in [0.1, 0.15) is 31.3 Å². The van der Waals surface area contributed by atoms with Crippen molar-refractivity contribution in [2.75, 3.05) is 18.0 Å². The average molecular weight is 423 g/mol. The van der Waals surface area contributed by atoms with Crippen LogP contribution in [0.3, 0.4) is 0 Å². The molecule has 1 saturated heterocycles. The summed E-state index contributed by atoms with van der Waals surface area (Å²) >= 11 is 1.52. The molecule has 0 atom stereocenters. The Bertz CT molecular complexity index is 924. The molecule has 2 heterocycles. The summed E-state index contributed by atoms with van der Waals surface area (Å²) in [5.41, 5.74) is 0.501. The van der Waals surface area contributed by atoms with Crippen molar-refractivity contribution in [3.05, 3.63) is 71.7 Å². The molecule has 1 aliphatic rings. The number of rotatable bonds is 6. The second-order valence-corrected chi connectivity index (χ2v) is 13.6. The van der Waals surface area contributed by atoms with E-state index in [0.29, 0.717) is 5.69 Å². The van der Waals surface area contributed by atoms with Crippen molar-refractivity contribution in [2.24, 2.45) is 0 Å². The van der Waals surface area contributed by atoms with Gasteiger partial charge in [-0.25, -0.2) is 4.98 Å². The molecule has 0 unspecified atom stereocenters. The smallest absolute Gasteiger partial charge is 0.261 e. The van der Waals surface area contributed by atoms with Crippen LogP contribution in [-0.2, 0) is 4.43 Å². The number of carbonyl (C=O) groups is 1. The Hall–Kier alpha value is -2.28. The van der Waals surface area contributed by atoms with Crippen molar-refractivity contribution < 1.29 is 9.22 Å². The molecule has 29 heavy (non-hydrogen) atoms. The molecule has 0 bridgehead atoms. The van der Waals surface area contributed by atoms with Gasteiger partial charge in [0, 0.05) is 18.5 Å². The van der Waals surface area contributed by atoms with Crippen LogP contribution in [0.2, 0.25) is 5.04 Å². The Kier molecular flexibility index (Phi) is 5.42. The number of hydrogen-bond acceptors (Lipinski definition) is 5. The van der Waals surface area contributed by atoms with E-state index < -0.39 is 8.32 Å². The van der Waals surface area contributed by atoms with Crippen molar-refractivity contribution in [1.29, 1.82) is 0 Å². The number of nitrogens with zero attached hydrogens (tertiary/aromatic N) is 2. The van der Waals surface area contributed by atoms with E-state index in [1.165, 1.54) is 21.7 Å². The van der Waals surface area contributed by atoms with Gasteiger partial charge in [0.05, 0.1) is 6.10 Å². The van der Waals surface area contributed by atoms with Crippen molar-refractivity contribution in [1.82, 2.24) is 4.98 Å². The van der Waals surface area contributed by atoms with Crippen LogP contribution in [-0.4, -0.2) is 38.8 Å². The molecule has 2 aromatic carbocycles. The first-order valence-corrected chi connectivity index (χ1v) is 12.7. The third-order valence-corrected chi connectivity index (χ3v) is 11.5. The fraction of sp³-hybridized carbons (Fsp3) is 0.304. The molecule has 4 rings (SSSR count). The maximum Gasteiger partial charge on any atom is 0.261 e. The monoisotopic (exact) mass is 422 g/mol. The lowest BCUT2D eigenvalue weighted by atomic mass is 10.2. The minimum Gasteiger partial charge on any atom is -0.401 e. The van der Waals surface area contributed by atoms with Gasteiger partial charge in [-0.3, -0.25) is 4.79 Å². The van der Waals surface area contributed by atoms with E-state index >= 15 is 0 Å². The lowest BCUT2D eigenvalue weighted by Gasteiger charge is -2.49. The number of thiazole rings is 1. The van der Waals surface area contributed by atoms with Crippen LogP contribution in [0.5, 0.6) is 0 Å².